The quantitative estimate of drug-likeness (QED) is 0.364. The molecule has 0 unspecified atom stereocenters. The van der Waals surface area contributed by atoms with Crippen molar-refractivity contribution in [1.29, 1.82) is 0 Å². The van der Waals surface area contributed by atoms with Crippen LogP contribution in [0.15, 0.2) is 24.4 Å². The minimum Gasteiger partial charge on any atom is -0.384 e. The summed E-state index contributed by atoms with van der Waals surface area (Å²) in [6, 6.07) is 5.15. The highest BCUT2D eigenvalue weighted by Gasteiger charge is 2.36. The lowest BCUT2D eigenvalue weighted by Crippen LogP contribution is -2.45. The van der Waals surface area contributed by atoms with Crippen molar-refractivity contribution in [3.05, 3.63) is 35.5 Å². The summed E-state index contributed by atoms with van der Waals surface area (Å²) in [6.07, 6.45) is 3.52. The molecule has 2 atom stereocenters. The maximum Gasteiger partial charge on any atom is 0.257 e. The van der Waals surface area contributed by atoms with Gasteiger partial charge in [0.05, 0.1) is 29.5 Å². The smallest absolute Gasteiger partial charge is 0.257 e. The first-order valence-corrected chi connectivity index (χ1v) is 11.1. The summed E-state index contributed by atoms with van der Waals surface area (Å²) >= 11 is 0. The number of anilines is 3. The number of amides is 1. The van der Waals surface area contributed by atoms with Crippen LogP contribution >= 0.6 is 0 Å². The number of ether oxygens (including phenoxy) is 1. The van der Waals surface area contributed by atoms with Crippen LogP contribution in [0.25, 0.3) is 16.7 Å². The third kappa shape index (κ3) is 3.22. The first-order valence-electron chi connectivity index (χ1n) is 11.1. The molecule has 1 aliphatic carbocycles. The molecule has 0 spiro atoms. The fourth-order valence-corrected chi connectivity index (χ4v) is 4.75. The lowest BCUT2D eigenvalue weighted by atomic mass is 9.61. The van der Waals surface area contributed by atoms with E-state index in [0.717, 1.165) is 24.8 Å². The molecule has 1 amide bonds. The van der Waals surface area contributed by atoms with Gasteiger partial charge in [0, 0.05) is 25.6 Å². The van der Waals surface area contributed by atoms with Gasteiger partial charge in [-0.2, -0.15) is 9.61 Å². The fourth-order valence-electron chi connectivity index (χ4n) is 4.75. The van der Waals surface area contributed by atoms with Crippen LogP contribution in [0.2, 0.25) is 0 Å². The van der Waals surface area contributed by atoms with Gasteiger partial charge in [0.1, 0.15) is 38.4 Å². The standard InChI is InChI=1S/C21H21B2N9O2/c1-24-17-8-16-26-13-6-10(7-14-18(13)29-30-31(14)2)21(22,23)34-15-5-3-4-12(15)27-20(33)11-9-25-32(17)19(11)28-16/h6-9,12,15,24H,3-5H2,1-2H3,(H,26,28)(H,27,33)/t12-,15-/m1/s1. The van der Waals surface area contributed by atoms with Crippen LogP contribution in [0.5, 0.6) is 0 Å². The molecular formula is C21H21B2N9O2. The maximum atomic E-state index is 13.2. The molecule has 0 saturated heterocycles. The average Bonchev–Trinajstić information content (AvgIpc) is 3.52. The number of fused-ring (bicyclic) bond motifs is 6. The lowest BCUT2D eigenvalue weighted by molar-refractivity contribution is -0.00588. The average molecular weight is 453 g/mol. The number of carbonyl (C=O) groups is 1. The Kier molecular flexibility index (Phi) is 4.60. The summed E-state index contributed by atoms with van der Waals surface area (Å²) in [6.45, 7) is 0. The van der Waals surface area contributed by atoms with Crippen LogP contribution < -0.4 is 16.0 Å². The molecule has 1 aromatic carbocycles. The Balaban J connectivity index is 1.60. The van der Waals surface area contributed by atoms with Gasteiger partial charge < -0.3 is 20.7 Å². The van der Waals surface area contributed by atoms with Crippen molar-refractivity contribution in [2.24, 2.45) is 7.05 Å². The van der Waals surface area contributed by atoms with E-state index < -0.39 is 5.40 Å². The van der Waals surface area contributed by atoms with Gasteiger partial charge in [-0.15, -0.1) is 5.10 Å². The van der Waals surface area contributed by atoms with Crippen LogP contribution in [-0.4, -0.2) is 70.4 Å². The molecule has 1 fully saturated rings. The highest BCUT2D eigenvalue weighted by molar-refractivity contribution is 6.39. The number of nitrogens with one attached hydrogen (secondary N) is 3. The summed E-state index contributed by atoms with van der Waals surface area (Å²) in [5.74, 6) is 0.847. The second-order valence-electron chi connectivity index (χ2n) is 8.76. The van der Waals surface area contributed by atoms with Crippen LogP contribution in [0.3, 0.4) is 0 Å². The van der Waals surface area contributed by atoms with Crippen molar-refractivity contribution >= 4 is 55.6 Å². The predicted molar refractivity (Wildman–Crippen MR) is 127 cm³/mol. The van der Waals surface area contributed by atoms with Gasteiger partial charge in [0.2, 0.25) is 0 Å². The van der Waals surface area contributed by atoms with Crippen molar-refractivity contribution in [2.75, 3.05) is 17.7 Å². The molecule has 11 nitrogen and oxygen atoms in total. The van der Waals surface area contributed by atoms with E-state index in [1.165, 1.54) is 6.20 Å². The van der Waals surface area contributed by atoms with Crippen LogP contribution in [0.4, 0.5) is 17.3 Å². The first kappa shape index (κ1) is 21.0. The minimum absolute atomic E-state index is 0.247. The van der Waals surface area contributed by atoms with Crippen molar-refractivity contribution in [2.45, 2.75) is 36.8 Å². The van der Waals surface area contributed by atoms with Crippen LogP contribution in [0, 0.1) is 0 Å². The normalized spacial score (nSPS) is 21.8. The van der Waals surface area contributed by atoms with Gasteiger partial charge in [-0.05, 0) is 37.0 Å². The Morgan fingerprint density at radius 2 is 2.12 bits per heavy atom. The Bertz CT molecular complexity index is 1450. The molecular weight excluding hydrogens is 432 g/mol. The van der Waals surface area contributed by atoms with Crippen molar-refractivity contribution in [3.8, 4) is 0 Å². The third-order valence-electron chi connectivity index (χ3n) is 6.52. The highest BCUT2D eigenvalue weighted by Crippen LogP contribution is 2.35. The Morgan fingerprint density at radius 1 is 1.26 bits per heavy atom. The molecule has 4 aromatic rings. The maximum absolute atomic E-state index is 13.2. The molecule has 4 bridgehead atoms. The highest BCUT2D eigenvalue weighted by atomic mass is 16.5. The molecule has 6 rings (SSSR count). The molecule has 4 heterocycles. The Labute approximate surface area is 197 Å². The number of aryl methyl sites for hydroxylation is 1. The fraction of sp³-hybridized carbons (Fsp3) is 0.381. The molecule has 168 valence electrons. The second kappa shape index (κ2) is 7.45. The molecule has 3 N–H and O–H groups in total. The van der Waals surface area contributed by atoms with E-state index >= 15 is 0 Å². The van der Waals surface area contributed by atoms with E-state index in [0.29, 0.717) is 39.6 Å². The Hall–Kier alpha value is -3.60. The topological polar surface area (TPSA) is 123 Å². The zero-order chi connectivity index (χ0) is 23.6. The summed E-state index contributed by atoms with van der Waals surface area (Å²) in [5, 5.41) is 20.7. The number of hydrogen-bond donors (Lipinski definition) is 3. The zero-order valence-electron chi connectivity index (χ0n) is 18.7. The van der Waals surface area contributed by atoms with Crippen molar-refractivity contribution in [1.82, 2.24) is 34.9 Å². The Morgan fingerprint density at radius 3 is 2.94 bits per heavy atom. The van der Waals surface area contributed by atoms with Crippen molar-refractivity contribution in [3.63, 3.8) is 0 Å². The summed E-state index contributed by atoms with van der Waals surface area (Å²) in [7, 11) is 16.6. The largest absolute Gasteiger partial charge is 0.384 e. The molecule has 34 heavy (non-hydrogen) atoms. The van der Waals surface area contributed by atoms with Gasteiger partial charge in [-0.1, -0.05) is 5.21 Å². The van der Waals surface area contributed by atoms with Gasteiger partial charge in [0.15, 0.2) is 5.65 Å². The third-order valence-corrected chi connectivity index (χ3v) is 6.52. The lowest BCUT2D eigenvalue weighted by Gasteiger charge is -2.34. The molecule has 13 heteroatoms. The molecule has 2 aliphatic rings. The number of rotatable bonds is 1. The van der Waals surface area contributed by atoms with Gasteiger partial charge in [-0.25, -0.2) is 9.67 Å². The number of nitrogens with zero attached hydrogens (tertiary/aromatic N) is 6. The molecule has 3 aromatic heterocycles. The number of benzene rings is 1. The SMILES string of the molecule is [B]C1([B])O[C@@H]2CCC[C@H]2NC(=O)c2cnn3c(NC)cc(nc23)Nc2cc1cc1c2nnn1C. The predicted octanol–water partition coefficient (Wildman–Crippen LogP) is 0.925. The van der Waals surface area contributed by atoms with E-state index in [1.54, 1.807) is 35.4 Å². The van der Waals surface area contributed by atoms with E-state index in [9.17, 15) is 4.79 Å². The first-order chi connectivity index (χ1) is 16.3. The van der Waals surface area contributed by atoms with Crippen LogP contribution in [-0.2, 0) is 17.2 Å². The van der Waals surface area contributed by atoms with Gasteiger partial charge >= 0.3 is 0 Å². The number of carbonyl (C=O) groups excluding carboxylic acids is 1. The minimum atomic E-state index is -1.60. The van der Waals surface area contributed by atoms with Crippen molar-refractivity contribution < 1.29 is 9.53 Å². The van der Waals surface area contributed by atoms with E-state index in [-0.39, 0.29) is 18.1 Å². The number of hydrogen-bond acceptors (Lipinski definition) is 8. The van der Waals surface area contributed by atoms with E-state index in [1.807, 2.05) is 6.07 Å². The molecule has 4 radical (unpaired) electrons. The van der Waals surface area contributed by atoms with Crippen LogP contribution in [0.1, 0.15) is 35.2 Å². The monoisotopic (exact) mass is 453 g/mol. The molecule has 1 saturated carbocycles. The second-order valence-corrected chi connectivity index (χ2v) is 8.76. The zero-order valence-corrected chi connectivity index (χ0v) is 18.7. The van der Waals surface area contributed by atoms with Gasteiger partial charge in [-0.3, -0.25) is 4.79 Å². The summed E-state index contributed by atoms with van der Waals surface area (Å²) < 4.78 is 9.45. The summed E-state index contributed by atoms with van der Waals surface area (Å²) in [5.41, 5.74) is 3.26. The van der Waals surface area contributed by atoms with E-state index in [2.05, 4.69) is 31.4 Å². The number of aromatic nitrogens is 6. The van der Waals surface area contributed by atoms with Gasteiger partial charge in [0.25, 0.3) is 5.91 Å². The summed E-state index contributed by atoms with van der Waals surface area (Å²) in [4.78, 5) is 17.9. The van der Waals surface area contributed by atoms with E-state index in [4.69, 9.17) is 25.4 Å². The molecule has 1 aliphatic heterocycles.